The molecule has 0 aromatic rings. The van der Waals surface area contributed by atoms with Crippen LogP contribution in [0.15, 0.2) is 11.6 Å². The second-order valence-electron chi connectivity index (χ2n) is 9.40. The molecular weight excluding hydrogens is 300 g/mol. The molecule has 3 saturated carbocycles. The van der Waals surface area contributed by atoms with Crippen LogP contribution in [-0.2, 0) is 9.59 Å². The van der Waals surface area contributed by atoms with Crippen LogP contribution in [0.5, 0.6) is 0 Å². The van der Waals surface area contributed by atoms with Gasteiger partial charge in [-0.1, -0.05) is 19.4 Å². The Morgan fingerprint density at radius 3 is 2.62 bits per heavy atom. The quantitative estimate of drug-likeness (QED) is 0.797. The Bertz CT molecular complexity index is 621. The molecule has 3 nitrogen and oxygen atoms in total. The van der Waals surface area contributed by atoms with E-state index in [2.05, 4.69) is 13.8 Å². The summed E-state index contributed by atoms with van der Waals surface area (Å²) in [4.78, 5) is 24.0. The fraction of sp³-hybridized carbons (Fsp3) is 0.810. The zero-order valence-corrected chi connectivity index (χ0v) is 15.2. The van der Waals surface area contributed by atoms with Gasteiger partial charge in [0.2, 0.25) is 0 Å². The minimum absolute atomic E-state index is 0.0655. The van der Waals surface area contributed by atoms with Gasteiger partial charge in [0, 0.05) is 12.3 Å². The minimum Gasteiger partial charge on any atom is -0.392 e. The molecule has 0 bridgehead atoms. The Morgan fingerprint density at radius 1 is 1.17 bits per heavy atom. The number of fused-ring (bicyclic) bond motifs is 5. The highest BCUT2D eigenvalue weighted by Gasteiger charge is 2.61. The van der Waals surface area contributed by atoms with E-state index in [1.807, 2.05) is 6.08 Å². The second-order valence-corrected chi connectivity index (χ2v) is 9.40. The van der Waals surface area contributed by atoms with E-state index in [-0.39, 0.29) is 28.6 Å². The number of carbonyl (C=O) groups is 2. The monoisotopic (exact) mass is 330 g/mol. The van der Waals surface area contributed by atoms with Crippen molar-refractivity contribution in [2.75, 3.05) is 0 Å². The lowest BCUT2D eigenvalue weighted by atomic mass is 9.46. The van der Waals surface area contributed by atoms with E-state index in [9.17, 15) is 14.7 Å². The first kappa shape index (κ1) is 16.5. The summed E-state index contributed by atoms with van der Waals surface area (Å²) in [5.74, 6) is 1.95. The van der Waals surface area contributed by atoms with Gasteiger partial charge in [-0.05, 0) is 80.1 Å². The number of Topliss-reactive ketones (excluding diaryl/α,β-unsaturated/α-hetero) is 1. The average Bonchev–Trinajstić information content (AvgIpc) is 2.86. The third-order valence-electron chi connectivity index (χ3n) is 8.47. The van der Waals surface area contributed by atoms with Gasteiger partial charge in [0.1, 0.15) is 5.78 Å². The summed E-state index contributed by atoms with van der Waals surface area (Å²) in [6.07, 6.45) is 7.97. The van der Waals surface area contributed by atoms with Gasteiger partial charge < -0.3 is 5.11 Å². The van der Waals surface area contributed by atoms with Crippen molar-refractivity contribution in [3.05, 3.63) is 11.6 Å². The number of aliphatic hydroxyl groups excluding tert-OH is 1. The van der Waals surface area contributed by atoms with Crippen LogP contribution in [0.25, 0.3) is 0 Å². The zero-order chi connectivity index (χ0) is 17.3. The fourth-order valence-corrected chi connectivity index (χ4v) is 7.19. The third kappa shape index (κ3) is 2.06. The molecule has 1 N–H and O–H groups in total. The summed E-state index contributed by atoms with van der Waals surface area (Å²) in [5, 5.41) is 11.0. The van der Waals surface area contributed by atoms with E-state index in [1.54, 1.807) is 6.92 Å². The van der Waals surface area contributed by atoms with E-state index >= 15 is 0 Å². The third-order valence-corrected chi connectivity index (χ3v) is 8.47. The molecule has 4 aliphatic carbocycles. The molecule has 1 unspecified atom stereocenters. The summed E-state index contributed by atoms with van der Waals surface area (Å²) in [5.41, 5.74) is 1.33. The van der Waals surface area contributed by atoms with E-state index in [0.29, 0.717) is 36.4 Å². The molecule has 4 rings (SSSR count). The Morgan fingerprint density at radius 2 is 1.92 bits per heavy atom. The second kappa shape index (κ2) is 5.27. The van der Waals surface area contributed by atoms with Crippen molar-refractivity contribution in [1.82, 2.24) is 0 Å². The molecule has 3 heteroatoms. The maximum atomic E-state index is 12.2. The maximum Gasteiger partial charge on any atom is 0.155 e. The number of hydrogen-bond donors (Lipinski definition) is 1. The highest BCUT2D eigenvalue weighted by atomic mass is 16.3. The lowest BCUT2D eigenvalue weighted by molar-refractivity contribution is -0.135. The Balaban J connectivity index is 1.72. The SMILES string of the molecule is CC(=O)[C@H]1CC[C@H]2[C@@H]3C(O)CC4=CC(=O)CC[C@]4(C)[C@H]3CC[C@]12C. The van der Waals surface area contributed by atoms with Crippen molar-refractivity contribution in [2.45, 2.75) is 71.8 Å². The molecule has 0 saturated heterocycles. The number of ketones is 2. The van der Waals surface area contributed by atoms with E-state index in [1.165, 1.54) is 5.57 Å². The summed E-state index contributed by atoms with van der Waals surface area (Å²) in [7, 11) is 0. The van der Waals surface area contributed by atoms with E-state index in [4.69, 9.17) is 0 Å². The summed E-state index contributed by atoms with van der Waals surface area (Å²) < 4.78 is 0. The first-order valence-corrected chi connectivity index (χ1v) is 9.70. The zero-order valence-electron chi connectivity index (χ0n) is 15.2. The largest absolute Gasteiger partial charge is 0.392 e. The van der Waals surface area contributed by atoms with Gasteiger partial charge in [0.25, 0.3) is 0 Å². The lowest BCUT2D eigenvalue weighted by Gasteiger charge is -2.59. The highest BCUT2D eigenvalue weighted by molar-refractivity contribution is 5.91. The molecule has 0 radical (unpaired) electrons. The van der Waals surface area contributed by atoms with Crippen LogP contribution in [0.3, 0.4) is 0 Å². The molecule has 0 aliphatic heterocycles. The van der Waals surface area contributed by atoms with E-state index in [0.717, 1.165) is 32.1 Å². The molecule has 7 atom stereocenters. The standard InChI is InChI=1S/C21H30O3/c1-12(22)15-4-5-16-19-17(7-9-21(15,16)3)20(2)8-6-14(23)10-13(20)11-18(19)24/h10,15-19,24H,4-9,11H2,1-3H3/t15-,16+,17+,18?,19+,20+,21-/m1/s1. The number of hydrogen-bond acceptors (Lipinski definition) is 3. The van der Waals surface area contributed by atoms with Crippen molar-refractivity contribution in [3.63, 3.8) is 0 Å². The molecular formula is C21H30O3. The highest BCUT2D eigenvalue weighted by Crippen LogP contribution is 2.66. The first-order valence-electron chi connectivity index (χ1n) is 9.70. The van der Waals surface area contributed by atoms with Gasteiger partial charge in [-0.2, -0.15) is 0 Å². The van der Waals surface area contributed by atoms with Gasteiger partial charge in [-0.25, -0.2) is 0 Å². The van der Waals surface area contributed by atoms with Crippen LogP contribution in [-0.4, -0.2) is 22.8 Å². The van der Waals surface area contributed by atoms with Gasteiger partial charge in [0.05, 0.1) is 6.10 Å². The summed E-state index contributed by atoms with van der Waals surface area (Å²) in [6.45, 7) is 6.38. The molecule has 0 aromatic carbocycles. The van der Waals surface area contributed by atoms with Crippen molar-refractivity contribution < 1.29 is 14.7 Å². The van der Waals surface area contributed by atoms with Crippen molar-refractivity contribution in [2.24, 2.45) is 34.5 Å². The minimum atomic E-state index is -0.351. The van der Waals surface area contributed by atoms with Crippen LogP contribution in [0.4, 0.5) is 0 Å². The number of aliphatic hydroxyl groups is 1. The Labute approximate surface area is 144 Å². The van der Waals surface area contributed by atoms with Crippen molar-refractivity contribution in [1.29, 1.82) is 0 Å². The summed E-state index contributed by atoms with van der Waals surface area (Å²) >= 11 is 0. The molecule has 24 heavy (non-hydrogen) atoms. The molecule has 4 aliphatic rings. The first-order chi connectivity index (χ1) is 11.3. The normalized spacial score (nSPS) is 50.6. The lowest BCUT2D eigenvalue weighted by Crippen LogP contribution is -2.55. The molecule has 0 amide bonds. The molecule has 0 heterocycles. The predicted molar refractivity (Wildman–Crippen MR) is 92.3 cm³/mol. The molecule has 3 fully saturated rings. The smallest absolute Gasteiger partial charge is 0.155 e. The summed E-state index contributed by atoms with van der Waals surface area (Å²) in [6, 6.07) is 0. The van der Waals surface area contributed by atoms with E-state index < -0.39 is 0 Å². The van der Waals surface area contributed by atoms with Crippen LogP contribution >= 0.6 is 0 Å². The fourth-order valence-electron chi connectivity index (χ4n) is 7.19. The average molecular weight is 330 g/mol. The maximum absolute atomic E-state index is 12.2. The Hall–Kier alpha value is -0.960. The molecule has 0 aromatic heterocycles. The van der Waals surface area contributed by atoms with Gasteiger partial charge in [0.15, 0.2) is 5.78 Å². The van der Waals surface area contributed by atoms with Crippen molar-refractivity contribution >= 4 is 11.6 Å². The van der Waals surface area contributed by atoms with Gasteiger partial charge >= 0.3 is 0 Å². The molecule has 0 spiro atoms. The van der Waals surface area contributed by atoms with Gasteiger partial charge in [-0.15, -0.1) is 0 Å². The number of rotatable bonds is 1. The van der Waals surface area contributed by atoms with Crippen LogP contribution in [0, 0.1) is 34.5 Å². The predicted octanol–water partition coefficient (Wildman–Crippen LogP) is 3.69. The van der Waals surface area contributed by atoms with Crippen LogP contribution in [0.2, 0.25) is 0 Å². The molecule has 132 valence electrons. The topological polar surface area (TPSA) is 54.4 Å². The van der Waals surface area contributed by atoms with Crippen LogP contribution < -0.4 is 0 Å². The number of carbonyl (C=O) groups excluding carboxylic acids is 2. The van der Waals surface area contributed by atoms with Crippen LogP contribution in [0.1, 0.15) is 65.7 Å². The van der Waals surface area contributed by atoms with Crippen molar-refractivity contribution in [3.8, 4) is 0 Å². The van der Waals surface area contributed by atoms with Gasteiger partial charge in [-0.3, -0.25) is 9.59 Å². The Kier molecular flexibility index (Phi) is 3.62.